The predicted molar refractivity (Wildman–Crippen MR) is 72.7 cm³/mol. The maximum atomic E-state index is 9.30. The van der Waals surface area contributed by atoms with E-state index in [1.807, 2.05) is 0 Å². The molecular weight excluding hydrogens is 226 g/mol. The van der Waals surface area contributed by atoms with E-state index in [-0.39, 0.29) is 18.1 Å². The second kappa shape index (κ2) is 5.39. The summed E-state index contributed by atoms with van der Waals surface area (Å²) in [6.45, 7) is 5.64. The Balaban J connectivity index is 2.23. The van der Waals surface area contributed by atoms with Gasteiger partial charge in [0, 0.05) is 6.04 Å². The van der Waals surface area contributed by atoms with Gasteiger partial charge in [-0.1, -0.05) is 38.1 Å². The van der Waals surface area contributed by atoms with Crippen molar-refractivity contribution in [2.75, 3.05) is 19.8 Å². The summed E-state index contributed by atoms with van der Waals surface area (Å²) in [6, 6.07) is 8.38. The van der Waals surface area contributed by atoms with Gasteiger partial charge in [0.05, 0.1) is 25.2 Å². The maximum Gasteiger partial charge on any atom is 0.0601 e. The number of rotatable bonds is 5. The molecule has 0 aromatic heterocycles. The number of ether oxygens (including phenoxy) is 1. The topological polar surface area (TPSA) is 55.5 Å². The largest absolute Gasteiger partial charge is 0.395 e. The molecule has 1 aliphatic rings. The van der Waals surface area contributed by atoms with Gasteiger partial charge in [0.1, 0.15) is 0 Å². The summed E-state index contributed by atoms with van der Waals surface area (Å²) in [5, 5.41) is 9.30. The molecule has 1 aromatic carbocycles. The van der Waals surface area contributed by atoms with Crippen LogP contribution >= 0.6 is 0 Å². The van der Waals surface area contributed by atoms with Crippen molar-refractivity contribution in [2.45, 2.75) is 37.6 Å². The lowest BCUT2D eigenvalue weighted by Crippen LogP contribution is -2.60. The number of nitrogens with two attached hydrogens (primary N) is 1. The highest BCUT2D eigenvalue weighted by molar-refractivity contribution is 5.34. The van der Waals surface area contributed by atoms with Crippen molar-refractivity contribution >= 4 is 0 Å². The molecule has 1 aromatic rings. The minimum atomic E-state index is -0.249. The fourth-order valence-corrected chi connectivity index (χ4v) is 2.47. The van der Waals surface area contributed by atoms with Gasteiger partial charge >= 0.3 is 0 Å². The molecule has 1 aliphatic heterocycles. The van der Waals surface area contributed by atoms with Gasteiger partial charge in [0.25, 0.3) is 0 Å². The second-order valence-corrected chi connectivity index (χ2v) is 5.37. The van der Waals surface area contributed by atoms with E-state index in [9.17, 15) is 5.11 Å². The molecule has 100 valence electrons. The standard InChI is InChI=1S/C15H23NO2/c1-3-11(2)12-4-6-13(7-5-12)15(9-18-10-15)14(16)8-17/h4-7,11,14,17H,3,8-10,16H2,1-2H3. The zero-order valence-corrected chi connectivity index (χ0v) is 11.2. The summed E-state index contributed by atoms with van der Waals surface area (Å²) in [7, 11) is 0. The molecule has 2 unspecified atom stereocenters. The van der Waals surface area contributed by atoms with Gasteiger partial charge in [-0.3, -0.25) is 0 Å². The fourth-order valence-electron chi connectivity index (χ4n) is 2.47. The first kappa shape index (κ1) is 13.5. The number of hydrogen-bond donors (Lipinski definition) is 2. The lowest BCUT2D eigenvalue weighted by atomic mass is 9.72. The molecule has 0 radical (unpaired) electrons. The maximum absolute atomic E-state index is 9.30. The predicted octanol–water partition coefficient (Wildman–Crippen LogP) is 1.79. The van der Waals surface area contributed by atoms with Crippen molar-refractivity contribution in [3.05, 3.63) is 35.4 Å². The third-order valence-corrected chi connectivity index (χ3v) is 4.29. The first-order valence-corrected chi connectivity index (χ1v) is 6.68. The molecule has 1 saturated heterocycles. The van der Waals surface area contributed by atoms with Gasteiger partial charge in [-0.05, 0) is 23.5 Å². The molecule has 2 atom stereocenters. The average Bonchev–Trinajstić information content (AvgIpc) is 2.37. The van der Waals surface area contributed by atoms with Crippen molar-refractivity contribution < 1.29 is 9.84 Å². The smallest absolute Gasteiger partial charge is 0.0601 e. The molecule has 0 amide bonds. The SMILES string of the molecule is CCC(C)c1ccc(C2(C(N)CO)COC2)cc1. The van der Waals surface area contributed by atoms with E-state index in [1.165, 1.54) is 11.1 Å². The van der Waals surface area contributed by atoms with Crippen LogP contribution in [-0.2, 0) is 10.2 Å². The highest BCUT2D eigenvalue weighted by atomic mass is 16.5. The van der Waals surface area contributed by atoms with Gasteiger partial charge in [0.2, 0.25) is 0 Å². The summed E-state index contributed by atoms with van der Waals surface area (Å²) < 4.78 is 5.32. The Morgan fingerprint density at radius 2 is 1.94 bits per heavy atom. The summed E-state index contributed by atoms with van der Waals surface area (Å²) in [6.07, 6.45) is 1.14. The van der Waals surface area contributed by atoms with Crippen LogP contribution in [0.3, 0.4) is 0 Å². The Kier molecular flexibility index (Phi) is 4.05. The molecule has 18 heavy (non-hydrogen) atoms. The number of aliphatic hydroxyl groups excluding tert-OH is 1. The minimum absolute atomic E-state index is 0.00350. The van der Waals surface area contributed by atoms with Crippen molar-refractivity contribution in [1.82, 2.24) is 0 Å². The van der Waals surface area contributed by atoms with Crippen LogP contribution in [0, 0.1) is 0 Å². The molecule has 2 rings (SSSR count). The van der Waals surface area contributed by atoms with E-state index in [1.54, 1.807) is 0 Å². The first-order valence-electron chi connectivity index (χ1n) is 6.68. The van der Waals surface area contributed by atoms with Gasteiger partial charge in [-0.25, -0.2) is 0 Å². The Labute approximate surface area is 109 Å². The highest BCUT2D eigenvalue weighted by Crippen LogP contribution is 2.35. The monoisotopic (exact) mass is 249 g/mol. The number of aliphatic hydroxyl groups is 1. The van der Waals surface area contributed by atoms with Crippen LogP contribution in [0.5, 0.6) is 0 Å². The fraction of sp³-hybridized carbons (Fsp3) is 0.600. The Bertz CT molecular complexity index is 384. The van der Waals surface area contributed by atoms with E-state index in [0.29, 0.717) is 19.1 Å². The molecule has 0 aliphatic carbocycles. The molecule has 1 heterocycles. The third-order valence-electron chi connectivity index (χ3n) is 4.29. The zero-order chi connectivity index (χ0) is 13.2. The Hall–Kier alpha value is -0.900. The molecule has 3 N–H and O–H groups in total. The van der Waals surface area contributed by atoms with Crippen LogP contribution < -0.4 is 5.73 Å². The zero-order valence-electron chi connectivity index (χ0n) is 11.2. The third kappa shape index (κ3) is 2.18. The summed E-state index contributed by atoms with van der Waals surface area (Å²) >= 11 is 0. The van der Waals surface area contributed by atoms with E-state index in [0.717, 1.165) is 6.42 Å². The van der Waals surface area contributed by atoms with E-state index < -0.39 is 0 Å². The van der Waals surface area contributed by atoms with Gasteiger partial charge in [0.15, 0.2) is 0 Å². The lowest BCUT2D eigenvalue weighted by molar-refractivity contribution is -0.0798. The van der Waals surface area contributed by atoms with Crippen molar-refractivity contribution in [1.29, 1.82) is 0 Å². The minimum Gasteiger partial charge on any atom is -0.395 e. The van der Waals surface area contributed by atoms with Gasteiger partial charge < -0.3 is 15.6 Å². The van der Waals surface area contributed by atoms with Crippen LogP contribution in [0.25, 0.3) is 0 Å². The molecule has 0 bridgehead atoms. The van der Waals surface area contributed by atoms with Gasteiger partial charge in [-0.15, -0.1) is 0 Å². The highest BCUT2D eigenvalue weighted by Gasteiger charge is 2.45. The number of benzene rings is 1. The Morgan fingerprint density at radius 3 is 2.33 bits per heavy atom. The number of hydrogen-bond acceptors (Lipinski definition) is 3. The summed E-state index contributed by atoms with van der Waals surface area (Å²) in [5.74, 6) is 0.583. The lowest BCUT2D eigenvalue weighted by Gasteiger charge is -2.45. The summed E-state index contributed by atoms with van der Waals surface area (Å²) in [4.78, 5) is 0. The van der Waals surface area contributed by atoms with Crippen LogP contribution in [0.2, 0.25) is 0 Å². The second-order valence-electron chi connectivity index (χ2n) is 5.37. The van der Waals surface area contributed by atoms with Crippen molar-refractivity contribution in [2.24, 2.45) is 5.73 Å². The van der Waals surface area contributed by atoms with E-state index in [2.05, 4.69) is 38.1 Å². The van der Waals surface area contributed by atoms with Crippen LogP contribution in [0.1, 0.15) is 37.3 Å². The van der Waals surface area contributed by atoms with E-state index in [4.69, 9.17) is 10.5 Å². The normalized spacial score (nSPS) is 21.1. The summed E-state index contributed by atoms with van der Waals surface area (Å²) in [5.41, 5.74) is 8.39. The first-order chi connectivity index (χ1) is 8.64. The van der Waals surface area contributed by atoms with Crippen LogP contribution in [-0.4, -0.2) is 31.0 Å². The molecule has 3 nitrogen and oxygen atoms in total. The van der Waals surface area contributed by atoms with Crippen LogP contribution in [0.4, 0.5) is 0 Å². The van der Waals surface area contributed by atoms with E-state index >= 15 is 0 Å². The average molecular weight is 249 g/mol. The molecule has 0 saturated carbocycles. The molecular formula is C15H23NO2. The Morgan fingerprint density at radius 1 is 1.33 bits per heavy atom. The van der Waals surface area contributed by atoms with Crippen LogP contribution in [0.15, 0.2) is 24.3 Å². The van der Waals surface area contributed by atoms with Crippen molar-refractivity contribution in [3.8, 4) is 0 Å². The van der Waals surface area contributed by atoms with Crippen molar-refractivity contribution in [3.63, 3.8) is 0 Å². The molecule has 1 fully saturated rings. The molecule has 3 heteroatoms. The van der Waals surface area contributed by atoms with Gasteiger partial charge in [-0.2, -0.15) is 0 Å². The quantitative estimate of drug-likeness (QED) is 0.836. The molecule has 0 spiro atoms.